The molecule has 276 valence electrons. The highest BCUT2D eigenvalue weighted by atomic mass is 14.2. The van der Waals surface area contributed by atoms with E-state index in [0.29, 0.717) is 0 Å². The molecule has 0 atom stereocenters. The molecule has 0 heteroatoms. The molecule has 0 bridgehead atoms. The van der Waals surface area contributed by atoms with Gasteiger partial charge >= 0.3 is 0 Å². The Morgan fingerprint density at radius 3 is 0.413 bits per heavy atom. The SMILES string of the molecule is CC(C)C1CCCCCC1.CC(C)C1CCCCCCC1.CC(C)C1CCCCCCCC1.CC(C)C1CCCCCCCCC1. The topological polar surface area (TPSA) is 0 Å². The molecule has 0 aliphatic heterocycles. The first-order valence-corrected chi connectivity index (χ1v) is 22.2. The second-order valence-electron chi connectivity index (χ2n) is 18.1. The van der Waals surface area contributed by atoms with Gasteiger partial charge in [0.05, 0.1) is 0 Å². The predicted octanol–water partition coefficient (Wildman–Crippen LogP) is 16.8. The fraction of sp³-hybridized carbons (Fsp3) is 1.00. The minimum Gasteiger partial charge on any atom is -0.0625 e. The molecule has 0 heterocycles. The van der Waals surface area contributed by atoms with Gasteiger partial charge in [0.25, 0.3) is 0 Å². The first-order chi connectivity index (χ1) is 22.2. The van der Waals surface area contributed by atoms with Gasteiger partial charge in [-0.15, -0.1) is 0 Å². The smallest absolute Gasteiger partial charge is 0.0391 e. The van der Waals surface area contributed by atoms with Gasteiger partial charge in [-0.25, -0.2) is 0 Å². The van der Waals surface area contributed by atoms with Crippen LogP contribution in [0.5, 0.6) is 0 Å². The lowest BCUT2D eigenvalue weighted by molar-refractivity contribution is 0.298. The zero-order valence-corrected chi connectivity index (χ0v) is 33.8. The highest BCUT2D eigenvalue weighted by Gasteiger charge is 2.16. The van der Waals surface area contributed by atoms with Crippen molar-refractivity contribution >= 4 is 0 Å². The summed E-state index contributed by atoms with van der Waals surface area (Å²) in [7, 11) is 0. The molecule has 0 nitrogen and oxygen atoms in total. The lowest BCUT2D eigenvalue weighted by atomic mass is 9.84. The summed E-state index contributed by atoms with van der Waals surface area (Å²) < 4.78 is 0. The van der Waals surface area contributed by atoms with E-state index in [4.69, 9.17) is 0 Å². The van der Waals surface area contributed by atoms with E-state index in [-0.39, 0.29) is 0 Å². The molecule has 0 aromatic heterocycles. The van der Waals surface area contributed by atoms with Crippen LogP contribution in [0.1, 0.15) is 248 Å². The Kier molecular flexibility index (Phi) is 28.6. The maximum absolute atomic E-state index is 2.40. The molecular formula is C46H92. The summed E-state index contributed by atoms with van der Waals surface area (Å²) in [4.78, 5) is 0. The molecule has 4 aliphatic rings. The van der Waals surface area contributed by atoms with Crippen LogP contribution >= 0.6 is 0 Å². The molecule has 0 saturated heterocycles. The molecule has 4 aliphatic carbocycles. The lowest BCUT2D eigenvalue weighted by Crippen LogP contribution is -2.10. The van der Waals surface area contributed by atoms with Crippen molar-refractivity contribution in [3.8, 4) is 0 Å². The van der Waals surface area contributed by atoms with Crippen LogP contribution in [-0.2, 0) is 0 Å². The van der Waals surface area contributed by atoms with Gasteiger partial charge in [0.15, 0.2) is 0 Å². The molecule has 0 aromatic carbocycles. The second-order valence-corrected chi connectivity index (χ2v) is 18.1. The van der Waals surface area contributed by atoms with Crippen molar-refractivity contribution in [3.05, 3.63) is 0 Å². The average molecular weight is 645 g/mol. The monoisotopic (exact) mass is 645 g/mol. The molecule has 4 fully saturated rings. The molecule has 0 aromatic rings. The van der Waals surface area contributed by atoms with Crippen LogP contribution < -0.4 is 0 Å². The van der Waals surface area contributed by atoms with Gasteiger partial charge in [0.2, 0.25) is 0 Å². The molecular weight excluding hydrogens is 553 g/mol. The average Bonchev–Trinajstić information content (AvgIpc) is 3.21. The Balaban J connectivity index is 0.000000308. The van der Waals surface area contributed by atoms with Gasteiger partial charge in [-0.2, -0.15) is 0 Å². The van der Waals surface area contributed by atoms with E-state index in [1.165, 1.54) is 193 Å². The Morgan fingerprint density at radius 2 is 0.304 bits per heavy atom. The minimum absolute atomic E-state index is 0.916. The number of hydrogen-bond acceptors (Lipinski definition) is 0. The van der Waals surface area contributed by atoms with Gasteiger partial charge in [-0.1, -0.05) is 248 Å². The van der Waals surface area contributed by atoms with Crippen LogP contribution in [0.15, 0.2) is 0 Å². The summed E-state index contributed by atoms with van der Waals surface area (Å²) in [5.74, 6) is 7.83. The molecule has 0 amide bonds. The van der Waals surface area contributed by atoms with E-state index in [0.717, 1.165) is 47.3 Å². The van der Waals surface area contributed by atoms with Crippen molar-refractivity contribution in [3.63, 3.8) is 0 Å². The Labute approximate surface area is 294 Å². The highest BCUT2D eigenvalue weighted by molar-refractivity contribution is 4.69. The molecule has 4 saturated carbocycles. The maximum Gasteiger partial charge on any atom is -0.0391 e. The van der Waals surface area contributed by atoms with Crippen molar-refractivity contribution in [2.45, 2.75) is 248 Å². The van der Waals surface area contributed by atoms with E-state index < -0.39 is 0 Å². The molecule has 4 rings (SSSR count). The van der Waals surface area contributed by atoms with Crippen LogP contribution in [0, 0.1) is 47.3 Å². The second kappa shape index (κ2) is 29.9. The van der Waals surface area contributed by atoms with Crippen molar-refractivity contribution in [2.24, 2.45) is 47.3 Å². The van der Waals surface area contributed by atoms with E-state index in [9.17, 15) is 0 Å². The van der Waals surface area contributed by atoms with Crippen molar-refractivity contribution < 1.29 is 0 Å². The van der Waals surface area contributed by atoms with Crippen LogP contribution in [0.4, 0.5) is 0 Å². The summed E-state index contributed by atoms with van der Waals surface area (Å²) in [6.45, 7) is 19.1. The summed E-state index contributed by atoms with van der Waals surface area (Å²) in [6.07, 6.45) is 44.8. The Morgan fingerprint density at radius 1 is 0.196 bits per heavy atom. The largest absolute Gasteiger partial charge is 0.0625 e. The third kappa shape index (κ3) is 24.2. The summed E-state index contributed by atoms with van der Waals surface area (Å²) in [6, 6.07) is 0. The van der Waals surface area contributed by atoms with Crippen LogP contribution in [0.3, 0.4) is 0 Å². The van der Waals surface area contributed by atoms with Crippen LogP contribution in [-0.4, -0.2) is 0 Å². The molecule has 0 unspecified atom stereocenters. The third-order valence-electron chi connectivity index (χ3n) is 12.9. The van der Waals surface area contributed by atoms with Crippen LogP contribution in [0.2, 0.25) is 0 Å². The lowest BCUT2D eigenvalue weighted by Gasteiger charge is -2.22. The summed E-state index contributed by atoms with van der Waals surface area (Å²) in [5.41, 5.74) is 0. The Hall–Kier alpha value is 0. The highest BCUT2D eigenvalue weighted by Crippen LogP contribution is 2.30. The van der Waals surface area contributed by atoms with Gasteiger partial charge < -0.3 is 0 Å². The normalized spacial score (nSPS) is 23.2. The molecule has 0 N–H and O–H groups in total. The predicted molar refractivity (Wildman–Crippen MR) is 212 cm³/mol. The molecule has 0 spiro atoms. The van der Waals surface area contributed by atoms with Gasteiger partial charge in [-0.3, -0.25) is 0 Å². The Bertz CT molecular complexity index is 578. The summed E-state index contributed by atoms with van der Waals surface area (Å²) in [5, 5.41) is 0. The van der Waals surface area contributed by atoms with Gasteiger partial charge in [-0.05, 0) is 47.3 Å². The zero-order chi connectivity index (χ0) is 33.8. The van der Waals surface area contributed by atoms with Crippen molar-refractivity contribution in [2.75, 3.05) is 0 Å². The number of rotatable bonds is 4. The van der Waals surface area contributed by atoms with E-state index in [2.05, 4.69) is 55.4 Å². The summed E-state index contributed by atoms with van der Waals surface area (Å²) >= 11 is 0. The van der Waals surface area contributed by atoms with Crippen LogP contribution in [0.25, 0.3) is 0 Å². The number of hydrogen-bond donors (Lipinski definition) is 0. The van der Waals surface area contributed by atoms with Gasteiger partial charge in [0.1, 0.15) is 0 Å². The fourth-order valence-electron chi connectivity index (χ4n) is 8.97. The maximum atomic E-state index is 2.40. The standard InChI is InChI=1S/C13H26.C12H24.C11H22.C10H20/c1-12(2)13-10-8-6-4-3-5-7-9-11-13;1-11(2)12-9-7-5-3-4-6-8-10-12;1-10(2)11-8-6-4-3-5-7-9-11;1-9(2)10-7-5-3-4-6-8-10/h12-13H,3-11H2,1-2H3;11-12H,3-10H2,1-2H3;10-11H,3-9H2,1-2H3;9-10H,3-8H2,1-2H3. The first-order valence-electron chi connectivity index (χ1n) is 22.2. The van der Waals surface area contributed by atoms with Crippen molar-refractivity contribution in [1.29, 1.82) is 0 Å². The third-order valence-corrected chi connectivity index (χ3v) is 12.9. The fourth-order valence-corrected chi connectivity index (χ4v) is 8.97. The minimum atomic E-state index is 0.916. The van der Waals surface area contributed by atoms with Crippen molar-refractivity contribution in [1.82, 2.24) is 0 Å². The van der Waals surface area contributed by atoms with Gasteiger partial charge in [0, 0.05) is 0 Å². The zero-order valence-electron chi connectivity index (χ0n) is 33.8. The van der Waals surface area contributed by atoms with E-state index in [1.807, 2.05) is 0 Å². The molecule has 46 heavy (non-hydrogen) atoms. The first kappa shape index (κ1) is 44.0. The van der Waals surface area contributed by atoms with E-state index in [1.54, 1.807) is 0 Å². The molecule has 0 radical (unpaired) electrons. The van der Waals surface area contributed by atoms with E-state index >= 15 is 0 Å². The quantitative estimate of drug-likeness (QED) is 0.267.